The maximum Gasteiger partial charge on any atom is 0.184 e. The molecule has 0 radical (unpaired) electrons. The van der Waals surface area contributed by atoms with E-state index in [4.69, 9.17) is 15.8 Å². The molecule has 0 fully saturated rings. The number of nitrogens with zero attached hydrogens (tertiary/aromatic N) is 6. The molecule has 0 amide bonds. The van der Waals surface area contributed by atoms with Gasteiger partial charge in [-0.3, -0.25) is 0 Å². The number of hydrogen-bond acceptors (Lipinski definition) is 6. The molecule has 0 aliphatic carbocycles. The Morgan fingerprint density at radius 2 is 1.40 bits per heavy atom. The van der Waals surface area contributed by atoms with Crippen LogP contribution in [0.15, 0.2) is 30.3 Å². The van der Waals surface area contributed by atoms with Crippen LogP contribution >= 0.6 is 0 Å². The molecule has 0 bridgehead atoms. The van der Waals surface area contributed by atoms with Gasteiger partial charge in [-0.15, -0.1) is 0 Å². The number of aromatic nitrogens is 2. The Morgan fingerprint density at radius 3 is 1.95 bits per heavy atom. The predicted octanol–water partition coefficient (Wildman–Crippen LogP) is 1.86. The molecular weight excluding hydrogens is 252 g/mol. The Bertz CT molecular complexity index is 761. The lowest BCUT2D eigenvalue weighted by molar-refractivity contribution is 1.04. The van der Waals surface area contributed by atoms with Crippen molar-refractivity contribution in [3.63, 3.8) is 0 Å². The quantitative estimate of drug-likeness (QED) is 0.816. The van der Waals surface area contributed by atoms with E-state index in [1.807, 2.05) is 42.5 Å². The Hall–Kier alpha value is -3.43. The van der Waals surface area contributed by atoms with Crippen LogP contribution in [0.4, 0.5) is 11.5 Å². The third-order valence-electron chi connectivity index (χ3n) is 2.66. The van der Waals surface area contributed by atoms with E-state index in [0.717, 1.165) is 5.69 Å². The van der Waals surface area contributed by atoms with Crippen molar-refractivity contribution >= 4 is 11.5 Å². The zero-order valence-electron chi connectivity index (χ0n) is 10.6. The van der Waals surface area contributed by atoms with Gasteiger partial charge in [-0.2, -0.15) is 15.8 Å². The van der Waals surface area contributed by atoms with E-state index in [1.54, 1.807) is 18.0 Å². The predicted molar refractivity (Wildman–Crippen MR) is 70.7 cm³/mol. The largest absolute Gasteiger partial charge is 0.327 e. The lowest BCUT2D eigenvalue weighted by Gasteiger charge is -2.19. The highest BCUT2D eigenvalue weighted by atomic mass is 15.2. The fourth-order valence-electron chi connectivity index (χ4n) is 1.67. The van der Waals surface area contributed by atoms with Gasteiger partial charge in [0.1, 0.15) is 18.2 Å². The fraction of sp³-hybridized carbons (Fsp3) is 0.0714. The minimum Gasteiger partial charge on any atom is -0.327 e. The maximum atomic E-state index is 9.13. The maximum absolute atomic E-state index is 9.13. The highest BCUT2D eigenvalue weighted by Crippen LogP contribution is 2.24. The van der Waals surface area contributed by atoms with Gasteiger partial charge < -0.3 is 4.90 Å². The van der Waals surface area contributed by atoms with Crippen molar-refractivity contribution in [2.45, 2.75) is 0 Å². The number of nitriles is 3. The molecule has 0 saturated carbocycles. The van der Waals surface area contributed by atoms with Crippen molar-refractivity contribution in [1.29, 1.82) is 15.8 Å². The van der Waals surface area contributed by atoms with Crippen LogP contribution in [0.3, 0.4) is 0 Å². The monoisotopic (exact) mass is 260 g/mol. The molecular formula is C14H8N6. The second kappa shape index (κ2) is 5.48. The van der Waals surface area contributed by atoms with E-state index in [0.29, 0.717) is 0 Å². The Labute approximate surface area is 115 Å². The first-order valence-electron chi connectivity index (χ1n) is 5.62. The van der Waals surface area contributed by atoms with E-state index in [-0.39, 0.29) is 22.9 Å². The average molecular weight is 260 g/mol. The van der Waals surface area contributed by atoms with Crippen molar-refractivity contribution in [2.24, 2.45) is 0 Å². The SMILES string of the molecule is CN(c1ccccc1)c1nc(C#N)c(C#N)nc1C#N. The Kier molecular flexibility index (Phi) is 3.56. The molecule has 6 nitrogen and oxygen atoms in total. The van der Waals surface area contributed by atoms with Crippen LogP contribution in [0.2, 0.25) is 0 Å². The Morgan fingerprint density at radius 1 is 0.850 bits per heavy atom. The highest BCUT2D eigenvalue weighted by molar-refractivity contribution is 5.64. The number of hydrogen-bond donors (Lipinski definition) is 0. The highest BCUT2D eigenvalue weighted by Gasteiger charge is 2.17. The molecule has 6 heteroatoms. The average Bonchev–Trinajstić information content (AvgIpc) is 2.53. The molecule has 0 aliphatic rings. The van der Waals surface area contributed by atoms with E-state index >= 15 is 0 Å². The topological polar surface area (TPSA) is 100 Å². The lowest BCUT2D eigenvalue weighted by atomic mass is 10.2. The summed E-state index contributed by atoms with van der Waals surface area (Å²) >= 11 is 0. The van der Waals surface area contributed by atoms with Crippen LogP contribution < -0.4 is 4.90 Å². The van der Waals surface area contributed by atoms with Crippen molar-refractivity contribution < 1.29 is 0 Å². The third-order valence-corrected chi connectivity index (χ3v) is 2.66. The summed E-state index contributed by atoms with van der Waals surface area (Å²) in [5, 5.41) is 27.0. The van der Waals surface area contributed by atoms with Gasteiger partial charge in [0.15, 0.2) is 22.9 Å². The van der Waals surface area contributed by atoms with E-state index in [1.165, 1.54) is 0 Å². The molecule has 1 aromatic carbocycles. The minimum atomic E-state index is -0.144. The van der Waals surface area contributed by atoms with Gasteiger partial charge in [-0.05, 0) is 12.1 Å². The van der Waals surface area contributed by atoms with Gasteiger partial charge in [0.2, 0.25) is 0 Å². The van der Waals surface area contributed by atoms with Crippen molar-refractivity contribution in [3.8, 4) is 18.2 Å². The third kappa shape index (κ3) is 2.25. The summed E-state index contributed by atoms with van der Waals surface area (Å²) in [6.07, 6.45) is 0. The summed E-state index contributed by atoms with van der Waals surface area (Å²) < 4.78 is 0. The van der Waals surface area contributed by atoms with Gasteiger partial charge in [0, 0.05) is 12.7 Å². The standard InChI is InChI=1S/C14H8N6/c1-20(10-5-3-2-4-6-10)14-13(9-17)18-11(7-15)12(8-16)19-14/h2-6H,1H3. The molecule has 2 aromatic rings. The summed E-state index contributed by atoms with van der Waals surface area (Å²) in [7, 11) is 1.72. The number of rotatable bonds is 2. The van der Waals surface area contributed by atoms with Crippen LogP contribution in [0.1, 0.15) is 17.1 Å². The second-order valence-electron chi connectivity index (χ2n) is 3.82. The molecule has 0 unspecified atom stereocenters. The van der Waals surface area contributed by atoms with Gasteiger partial charge >= 0.3 is 0 Å². The molecule has 1 aromatic heterocycles. The second-order valence-corrected chi connectivity index (χ2v) is 3.82. The molecule has 0 N–H and O–H groups in total. The Balaban J connectivity index is 2.61. The summed E-state index contributed by atoms with van der Waals surface area (Å²) in [5.41, 5.74) is 0.567. The van der Waals surface area contributed by atoms with Crippen LogP contribution in [0.25, 0.3) is 0 Å². The van der Waals surface area contributed by atoms with Crippen molar-refractivity contribution in [3.05, 3.63) is 47.4 Å². The first kappa shape index (κ1) is 13.0. The van der Waals surface area contributed by atoms with Crippen LogP contribution in [-0.2, 0) is 0 Å². The fourth-order valence-corrected chi connectivity index (χ4v) is 1.67. The number of benzene rings is 1. The molecule has 0 atom stereocenters. The van der Waals surface area contributed by atoms with Gasteiger partial charge in [0.25, 0.3) is 0 Å². The zero-order chi connectivity index (χ0) is 14.5. The normalized spacial score (nSPS) is 9.10. The molecule has 20 heavy (non-hydrogen) atoms. The lowest BCUT2D eigenvalue weighted by Crippen LogP contribution is -2.15. The summed E-state index contributed by atoms with van der Waals surface area (Å²) in [6, 6.07) is 14.7. The van der Waals surface area contributed by atoms with Crippen LogP contribution in [0, 0.1) is 34.0 Å². The van der Waals surface area contributed by atoms with Crippen LogP contribution in [0.5, 0.6) is 0 Å². The zero-order valence-corrected chi connectivity index (χ0v) is 10.6. The van der Waals surface area contributed by atoms with Gasteiger partial charge in [0.05, 0.1) is 0 Å². The summed E-state index contributed by atoms with van der Waals surface area (Å²) in [5.74, 6) is 0.245. The first-order chi connectivity index (χ1) is 9.71. The van der Waals surface area contributed by atoms with Gasteiger partial charge in [-0.1, -0.05) is 18.2 Å². The van der Waals surface area contributed by atoms with Crippen LogP contribution in [-0.4, -0.2) is 17.0 Å². The van der Waals surface area contributed by atoms with Gasteiger partial charge in [-0.25, -0.2) is 9.97 Å². The van der Waals surface area contributed by atoms with Crippen molar-refractivity contribution in [1.82, 2.24) is 9.97 Å². The number of anilines is 2. The molecule has 0 aliphatic heterocycles. The molecule has 1 heterocycles. The molecule has 0 saturated heterocycles. The molecule has 0 spiro atoms. The summed E-state index contributed by atoms with van der Waals surface area (Å²) in [4.78, 5) is 9.59. The summed E-state index contributed by atoms with van der Waals surface area (Å²) in [6.45, 7) is 0. The van der Waals surface area contributed by atoms with E-state index < -0.39 is 0 Å². The molecule has 94 valence electrons. The smallest absolute Gasteiger partial charge is 0.184 e. The number of para-hydroxylation sites is 1. The molecule has 2 rings (SSSR count). The van der Waals surface area contributed by atoms with Crippen molar-refractivity contribution in [2.75, 3.05) is 11.9 Å². The van der Waals surface area contributed by atoms with E-state index in [9.17, 15) is 0 Å². The van der Waals surface area contributed by atoms with E-state index in [2.05, 4.69) is 9.97 Å². The minimum absolute atomic E-state index is 0.00639. The first-order valence-corrected chi connectivity index (χ1v) is 5.62.